The van der Waals surface area contributed by atoms with Crippen molar-refractivity contribution in [2.24, 2.45) is 10.9 Å². The van der Waals surface area contributed by atoms with Crippen molar-refractivity contribution in [2.45, 2.75) is 53.5 Å². The van der Waals surface area contributed by atoms with Crippen molar-refractivity contribution < 1.29 is 0 Å². The first-order chi connectivity index (χ1) is 9.12. The van der Waals surface area contributed by atoms with Crippen LogP contribution >= 0.6 is 24.0 Å². The zero-order valence-corrected chi connectivity index (χ0v) is 16.5. The fourth-order valence-electron chi connectivity index (χ4n) is 2.26. The second-order valence-electron chi connectivity index (χ2n) is 5.09. The van der Waals surface area contributed by atoms with E-state index in [-0.39, 0.29) is 24.0 Å². The Morgan fingerprint density at radius 1 is 1.00 bits per heavy atom. The van der Waals surface area contributed by atoms with Crippen LogP contribution in [0.25, 0.3) is 0 Å². The van der Waals surface area contributed by atoms with Gasteiger partial charge in [0.2, 0.25) is 0 Å². The predicted octanol–water partition coefficient (Wildman–Crippen LogP) is 2.94. The van der Waals surface area contributed by atoms with Crippen molar-refractivity contribution in [3.63, 3.8) is 0 Å². The quantitative estimate of drug-likeness (QED) is 0.357. The smallest absolute Gasteiger partial charge is 0.191 e. The molecule has 0 rings (SSSR count). The van der Waals surface area contributed by atoms with E-state index in [1.165, 1.54) is 12.8 Å². The molecule has 0 amide bonds. The van der Waals surface area contributed by atoms with E-state index in [9.17, 15) is 0 Å². The minimum atomic E-state index is 0. The summed E-state index contributed by atoms with van der Waals surface area (Å²) in [5, 5.41) is 6.84. The standard InChI is InChI=1S/C15H34N4.HI/c1-7-14(8-2)12-18-15(16-6)17-11-13(5)19(9-3)10-4;/h13-14H,7-12H2,1-6H3,(H2,16,17,18);1H. The summed E-state index contributed by atoms with van der Waals surface area (Å²) in [4.78, 5) is 6.73. The van der Waals surface area contributed by atoms with Gasteiger partial charge in [-0.2, -0.15) is 0 Å². The Morgan fingerprint density at radius 2 is 1.50 bits per heavy atom. The van der Waals surface area contributed by atoms with E-state index < -0.39 is 0 Å². The number of rotatable bonds is 9. The topological polar surface area (TPSA) is 39.7 Å². The number of halogens is 1. The second-order valence-corrected chi connectivity index (χ2v) is 5.09. The summed E-state index contributed by atoms with van der Waals surface area (Å²) >= 11 is 0. The third-order valence-electron chi connectivity index (χ3n) is 3.94. The first kappa shape index (κ1) is 22.2. The van der Waals surface area contributed by atoms with Crippen LogP contribution in [0.5, 0.6) is 0 Å². The van der Waals surface area contributed by atoms with Crippen LogP contribution in [0.3, 0.4) is 0 Å². The maximum atomic E-state index is 4.29. The van der Waals surface area contributed by atoms with E-state index in [2.05, 4.69) is 55.1 Å². The largest absolute Gasteiger partial charge is 0.356 e. The Morgan fingerprint density at radius 3 is 1.90 bits per heavy atom. The van der Waals surface area contributed by atoms with Crippen molar-refractivity contribution in [3.05, 3.63) is 0 Å². The Hall–Kier alpha value is -0.0400. The third-order valence-corrected chi connectivity index (χ3v) is 3.94. The van der Waals surface area contributed by atoms with Crippen LogP contribution < -0.4 is 10.6 Å². The van der Waals surface area contributed by atoms with Gasteiger partial charge in [-0.3, -0.25) is 9.89 Å². The highest BCUT2D eigenvalue weighted by molar-refractivity contribution is 14.0. The molecule has 1 unspecified atom stereocenters. The number of nitrogens with zero attached hydrogens (tertiary/aromatic N) is 2. The number of hydrogen-bond donors (Lipinski definition) is 2. The number of aliphatic imine (C=N–C) groups is 1. The van der Waals surface area contributed by atoms with E-state index in [0.29, 0.717) is 6.04 Å². The Bertz CT molecular complexity index is 238. The molecule has 0 saturated heterocycles. The van der Waals surface area contributed by atoms with E-state index >= 15 is 0 Å². The molecule has 20 heavy (non-hydrogen) atoms. The molecule has 0 heterocycles. The molecule has 0 fully saturated rings. The van der Waals surface area contributed by atoms with Gasteiger partial charge in [-0.25, -0.2) is 0 Å². The first-order valence-electron chi connectivity index (χ1n) is 7.81. The van der Waals surface area contributed by atoms with Gasteiger partial charge >= 0.3 is 0 Å². The van der Waals surface area contributed by atoms with E-state index in [1.807, 2.05) is 7.05 Å². The average Bonchev–Trinajstić information content (AvgIpc) is 2.44. The van der Waals surface area contributed by atoms with Gasteiger partial charge in [-0.1, -0.05) is 40.5 Å². The summed E-state index contributed by atoms with van der Waals surface area (Å²) in [6, 6.07) is 0.529. The van der Waals surface area contributed by atoms with Crippen LogP contribution in [-0.4, -0.2) is 50.1 Å². The van der Waals surface area contributed by atoms with Crippen LogP contribution in [-0.2, 0) is 0 Å². The summed E-state index contributed by atoms with van der Waals surface area (Å²) in [6.07, 6.45) is 2.44. The lowest BCUT2D eigenvalue weighted by Gasteiger charge is -2.27. The molecule has 0 aromatic heterocycles. The SMILES string of the molecule is CCC(CC)CNC(=NC)NCC(C)N(CC)CC.I. The Balaban J connectivity index is 0. The van der Waals surface area contributed by atoms with Crippen molar-refractivity contribution in [2.75, 3.05) is 33.2 Å². The molecule has 122 valence electrons. The Labute approximate surface area is 143 Å². The van der Waals surface area contributed by atoms with Crippen LogP contribution in [0.15, 0.2) is 4.99 Å². The average molecular weight is 398 g/mol. The maximum Gasteiger partial charge on any atom is 0.191 e. The fourth-order valence-corrected chi connectivity index (χ4v) is 2.26. The lowest BCUT2D eigenvalue weighted by molar-refractivity contribution is 0.231. The predicted molar refractivity (Wildman–Crippen MR) is 101 cm³/mol. The van der Waals surface area contributed by atoms with Gasteiger partial charge < -0.3 is 10.6 Å². The first-order valence-corrected chi connectivity index (χ1v) is 7.81. The van der Waals surface area contributed by atoms with Gasteiger partial charge in [0.1, 0.15) is 0 Å². The van der Waals surface area contributed by atoms with Crippen molar-refractivity contribution in [1.82, 2.24) is 15.5 Å². The highest BCUT2D eigenvalue weighted by atomic mass is 127. The molecular weight excluding hydrogens is 363 g/mol. The molecule has 1 atom stereocenters. The zero-order valence-electron chi connectivity index (χ0n) is 14.2. The van der Waals surface area contributed by atoms with E-state index in [4.69, 9.17) is 0 Å². The van der Waals surface area contributed by atoms with Gasteiger partial charge in [0.05, 0.1) is 0 Å². The van der Waals surface area contributed by atoms with Gasteiger partial charge in [-0.15, -0.1) is 24.0 Å². The summed E-state index contributed by atoms with van der Waals surface area (Å²) in [7, 11) is 1.84. The maximum absolute atomic E-state index is 4.29. The van der Waals surface area contributed by atoms with Crippen LogP contribution in [0, 0.1) is 5.92 Å². The van der Waals surface area contributed by atoms with E-state index in [1.54, 1.807) is 0 Å². The lowest BCUT2D eigenvalue weighted by Crippen LogP contribution is -2.46. The van der Waals surface area contributed by atoms with Gasteiger partial charge in [0, 0.05) is 26.2 Å². The lowest BCUT2D eigenvalue weighted by atomic mass is 10.0. The van der Waals surface area contributed by atoms with Crippen LogP contribution in [0.1, 0.15) is 47.5 Å². The number of nitrogens with one attached hydrogen (secondary N) is 2. The minimum Gasteiger partial charge on any atom is -0.356 e. The van der Waals surface area contributed by atoms with Gasteiger partial charge in [0.15, 0.2) is 5.96 Å². The molecule has 5 heteroatoms. The minimum absolute atomic E-state index is 0. The molecule has 0 aromatic carbocycles. The summed E-state index contributed by atoms with van der Waals surface area (Å²) < 4.78 is 0. The van der Waals surface area contributed by atoms with Crippen molar-refractivity contribution in [3.8, 4) is 0 Å². The molecule has 0 radical (unpaired) electrons. The number of hydrogen-bond acceptors (Lipinski definition) is 2. The molecular formula is C15H35IN4. The molecule has 4 nitrogen and oxygen atoms in total. The van der Waals surface area contributed by atoms with Gasteiger partial charge in [-0.05, 0) is 25.9 Å². The summed E-state index contributed by atoms with van der Waals surface area (Å²) in [5.74, 6) is 1.66. The third kappa shape index (κ3) is 9.00. The monoisotopic (exact) mass is 398 g/mol. The molecule has 0 bridgehead atoms. The molecule has 0 aromatic rings. The van der Waals surface area contributed by atoms with E-state index in [0.717, 1.165) is 38.1 Å². The molecule has 2 N–H and O–H groups in total. The number of guanidine groups is 1. The normalized spacial score (nSPS) is 13.3. The summed E-state index contributed by atoms with van der Waals surface area (Å²) in [5.41, 5.74) is 0. The fraction of sp³-hybridized carbons (Fsp3) is 0.933. The molecule has 0 saturated carbocycles. The van der Waals surface area contributed by atoms with Gasteiger partial charge in [0.25, 0.3) is 0 Å². The highest BCUT2D eigenvalue weighted by Crippen LogP contribution is 2.04. The molecule has 0 aliphatic heterocycles. The molecule has 0 spiro atoms. The molecule has 0 aliphatic rings. The Kier molecular flexibility index (Phi) is 15.5. The zero-order chi connectivity index (χ0) is 14.7. The second kappa shape index (κ2) is 13.9. The summed E-state index contributed by atoms with van der Waals surface area (Å²) in [6.45, 7) is 15.3. The van der Waals surface area contributed by atoms with Crippen LogP contribution in [0.4, 0.5) is 0 Å². The van der Waals surface area contributed by atoms with Crippen LogP contribution in [0.2, 0.25) is 0 Å². The van der Waals surface area contributed by atoms with Crippen molar-refractivity contribution >= 4 is 29.9 Å². The highest BCUT2D eigenvalue weighted by Gasteiger charge is 2.10. The van der Waals surface area contributed by atoms with Crippen molar-refractivity contribution in [1.29, 1.82) is 0 Å². The number of likely N-dealkylation sites (N-methyl/N-ethyl adjacent to an activating group) is 1. The molecule has 0 aliphatic carbocycles.